The maximum absolute atomic E-state index is 14.1. The van der Waals surface area contributed by atoms with Crippen molar-refractivity contribution in [1.29, 1.82) is 0 Å². The van der Waals surface area contributed by atoms with Gasteiger partial charge in [-0.2, -0.15) is 0 Å². The number of aromatic nitrogens is 1. The van der Waals surface area contributed by atoms with E-state index in [1.54, 1.807) is 39.2 Å². The van der Waals surface area contributed by atoms with Crippen LogP contribution in [0.15, 0.2) is 54.3 Å². The van der Waals surface area contributed by atoms with E-state index >= 15 is 0 Å². The normalized spacial score (nSPS) is 15.2. The minimum atomic E-state index is -0.819. The van der Waals surface area contributed by atoms with Crippen LogP contribution in [0.5, 0.6) is 17.2 Å². The number of carbonyl (C=O) groups is 1. The van der Waals surface area contributed by atoms with Gasteiger partial charge in [-0.1, -0.05) is 43.2 Å². The highest BCUT2D eigenvalue weighted by molar-refractivity contribution is 14.1. The Kier molecular flexibility index (Phi) is 9.84. The van der Waals surface area contributed by atoms with Crippen LogP contribution in [0, 0.1) is 3.57 Å². The van der Waals surface area contributed by atoms with Crippen LogP contribution < -0.4 is 29.1 Å². The molecular formula is C28H27Br2IN2O6S. The van der Waals surface area contributed by atoms with Crippen LogP contribution in [0.25, 0.3) is 6.08 Å². The molecule has 0 saturated carbocycles. The summed E-state index contributed by atoms with van der Waals surface area (Å²) in [6.07, 6.45) is 1.75. The highest BCUT2D eigenvalue weighted by Gasteiger charge is 2.35. The summed E-state index contributed by atoms with van der Waals surface area (Å²) in [7, 11) is 3.08. The Morgan fingerprint density at radius 2 is 1.85 bits per heavy atom. The number of carbonyl (C=O) groups excluding carboxylic acids is 1. The molecule has 2 heterocycles. The van der Waals surface area contributed by atoms with Crippen LogP contribution in [-0.2, 0) is 9.53 Å². The molecule has 4 rings (SSSR count). The second kappa shape index (κ2) is 12.8. The number of halogens is 3. The molecule has 2 aromatic carbocycles. The van der Waals surface area contributed by atoms with Crippen molar-refractivity contribution in [3.63, 3.8) is 0 Å². The summed E-state index contributed by atoms with van der Waals surface area (Å²) in [6.45, 7) is 7.57. The third-order valence-corrected chi connectivity index (χ3v) is 8.92. The molecule has 1 aliphatic heterocycles. The molecule has 1 aromatic heterocycles. The summed E-state index contributed by atoms with van der Waals surface area (Å²) < 4.78 is 26.9. The van der Waals surface area contributed by atoms with Gasteiger partial charge in [0.1, 0.15) is 5.75 Å². The summed E-state index contributed by atoms with van der Waals surface area (Å²) in [4.78, 5) is 32.5. The van der Waals surface area contributed by atoms with Gasteiger partial charge in [0.2, 0.25) is 0 Å². The van der Waals surface area contributed by atoms with Crippen LogP contribution in [0.4, 0.5) is 0 Å². The number of nitrogens with zero attached hydrogens (tertiary/aromatic N) is 2. The molecule has 1 atom stereocenters. The summed E-state index contributed by atoms with van der Waals surface area (Å²) in [5, 5.41) is 0. The molecule has 0 aliphatic carbocycles. The second-order valence-corrected chi connectivity index (χ2v) is 12.9. The minimum Gasteiger partial charge on any atom is -0.493 e. The molecule has 0 N–H and O–H groups in total. The van der Waals surface area contributed by atoms with E-state index in [-0.39, 0.29) is 23.8 Å². The number of allylic oxidation sites excluding steroid dienone is 1. The third kappa shape index (κ3) is 6.04. The highest BCUT2D eigenvalue weighted by atomic mass is 127. The first-order valence-electron chi connectivity index (χ1n) is 12.3. The first-order valence-corrected chi connectivity index (χ1v) is 15.8. The zero-order valence-electron chi connectivity index (χ0n) is 22.6. The number of ether oxygens (including phenoxy) is 4. The Balaban J connectivity index is 2.03. The second-order valence-electron chi connectivity index (χ2n) is 9.00. The van der Waals surface area contributed by atoms with Crippen molar-refractivity contribution in [1.82, 2.24) is 4.57 Å². The highest BCUT2D eigenvalue weighted by Crippen LogP contribution is 2.41. The van der Waals surface area contributed by atoms with Crippen molar-refractivity contribution in [3.05, 3.63) is 78.9 Å². The van der Waals surface area contributed by atoms with E-state index in [9.17, 15) is 9.59 Å². The van der Waals surface area contributed by atoms with Crippen molar-refractivity contribution in [2.24, 2.45) is 4.99 Å². The van der Waals surface area contributed by atoms with Crippen molar-refractivity contribution >= 4 is 77.8 Å². The van der Waals surface area contributed by atoms with Gasteiger partial charge in [-0.25, -0.2) is 9.79 Å². The predicted octanol–water partition coefficient (Wildman–Crippen LogP) is 5.73. The molecule has 8 nitrogen and oxygen atoms in total. The molecule has 0 saturated heterocycles. The van der Waals surface area contributed by atoms with E-state index in [1.807, 2.05) is 26.0 Å². The molecule has 0 bridgehead atoms. The topological polar surface area (TPSA) is 88.4 Å². The first-order chi connectivity index (χ1) is 19.0. The molecule has 0 amide bonds. The Morgan fingerprint density at radius 1 is 1.18 bits per heavy atom. The van der Waals surface area contributed by atoms with Crippen LogP contribution in [-0.4, -0.2) is 37.5 Å². The van der Waals surface area contributed by atoms with E-state index in [1.165, 1.54) is 23.0 Å². The largest absolute Gasteiger partial charge is 0.493 e. The molecule has 3 aromatic rings. The Labute approximate surface area is 266 Å². The van der Waals surface area contributed by atoms with Gasteiger partial charge in [0.05, 0.1) is 52.3 Å². The lowest BCUT2D eigenvalue weighted by molar-refractivity contribution is -0.139. The van der Waals surface area contributed by atoms with Gasteiger partial charge in [-0.05, 0) is 86.2 Å². The van der Waals surface area contributed by atoms with E-state index in [2.05, 4.69) is 59.4 Å². The molecular weight excluding hydrogens is 779 g/mol. The van der Waals surface area contributed by atoms with Crippen LogP contribution >= 0.6 is 65.8 Å². The van der Waals surface area contributed by atoms with Gasteiger partial charge in [-0.3, -0.25) is 9.36 Å². The fraction of sp³-hybridized carbons (Fsp3) is 0.321. The van der Waals surface area contributed by atoms with E-state index in [0.717, 1.165) is 13.6 Å². The fourth-order valence-electron chi connectivity index (χ4n) is 4.35. The standard InChI is InChI=1S/C28H27Br2IN2O6S/c1-7-38-27(35)23-14(4)32-28-33(24(23)17-11-20(36-5)21(37-6)12-18(17)30)26(34)22(40-28)9-15-8-16(29)10-19(31)25(15)39-13(2)3/h8-13,24H,7H2,1-6H3/b22-9-/t24-/m1/s1. The van der Waals surface area contributed by atoms with E-state index < -0.39 is 12.0 Å². The van der Waals surface area contributed by atoms with Gasteiger partial charge >= 0.3 is 5.97 Å². The molecule has 40 heavy (non-hydrogen) atoms. The summed E-state index contributed by atoms with van der Waals surface area (Å²) in [6, 6.07) is 6.56. The first kappa shape index (κ1) is 30.8. The average Bonchev–Trinajstić information content (AvgIpc) is 3.19. The monoisotopic (exact) mass is 804 g/mol. The maximum Gasteiger partial charge on any atom is 0.338 e. The minimum absolute atomic E-state index is 0.0553. The Morgan fingerprint density at radius 3 is 2.48 bits per heavy atom. The van der Waals surface area contributed by atoms with E-state index in [4.69, 9.17) is 18.9 Å². The van der Waals surface area contributed by atoms with E-state index in [0.29, 0.717) is 42.3 Å². The summed E-state index contributed by atoms with van der Waals surface area (Å²) >= 11 is 10.6. The summed E-state index contributed by atoms with van der Waals surface area (Å²) in [5.74, 6) is 1.11. The molecule has 0 unspecified atom stereocenters. The molecule has 12 heteroatoms. The average molecular weight is 806 g/mol. The number of rotatable bonds is 8. The lowest BCUT2D eigenvalue weighted by atomic mass is 9.95. The maximum atomic E-state index is 14.1. The van der Waals surface area contributed by atoms with Gasteiger partial charge in [0.15, 0.2) is 16.3 Å². The van der Waals surface area contributed by atoms with Crippen molar-refractivity contribution in [2.45, 2.75) is 39.8 Å². The molecule has 0 spiro atoms. The van der Waals surface area contributed by atoms with Crippen molar-refractivity contribution in [2.75, 3.05) is 20.8 Å². The lowest BCUT2D eigenvalue weighted by Crippen LogP contribution is -2.40. The van der Waals surface area contributed by atoms with Gasteiger partial charge in [0.25, 0.3) is 5.56 Å². The molecule has 0 radical (unpaired) electrons. The van der Waals surface area contributed by atoms with Gasteiger partial charge in [0, 0.05) is 14.5 Å². The number of benzene rings is 2. The number of hydrogen-bond acceptors (Lipinski definition) is 8. The van der Waals surface area contributed by atoms with Gasteiger partial charge < -0.3 is 18.9 Å². The lowest BCUT2D eigenvalue weighted by Gasteiger charge is -2.26. The van der Waals surface area contributed by atoms with Gasteiger partial charge in [-0.15, -0.1) is 0 Å². The van der Waals surface area contributed by atoms with Crippen molar-refractivity contribution in [3.8, 4) is 17.2 Å². The SMILES string of the molecule is CCOC(=O)C1=C(C)N=c2s/c(=C\c3cc(Br)cc(I)c3OC(C)C)c(=O)n2[C@@H]1c1cc(OC)c(OC)cc1Br. The van der Waals surface area contributed by atoms with Crippen LogP contribution in [0.2, 0.25) is 0 Å². The zero-order chi connectivity index (χ0) is 29.3. The van der Waals surface area contributed by atoms with Crippen molar-refractivity contribution < 1.29 is 23.7 Å². The van der Waals surface area contributed by atoms with Crippen LogP contribution in [0.3, 0.4) is 0 Å². The predicted molar refractivity (Wildman–Crippen MR) is 170 cm³/mol. The smallest absolute Gasteiger partial charge is 0.338 e. The number of hydrogen-bond donors (Lipinski definition) is 0. The number of methoxy groups -OCH3 is 2. The number of fused-ring (bicyclic) bond motifs is 1. The third-order valence-electron chi connectivity index (χ3n) is 5.99. The zero-order valence-corrected chi connectivity index (χ0v) is 28.8. The Bertz CT molecular complexity index is 1700. The molecule has 1 aliphatic rings. The number of thiazole rings is 1. The number of esters is 1. The molecule has 0 fully saturated rings. The summed E-state index contributed by atoms with van der Waals surface area (Å²) in [5.41, 5.74) is 1.83. The quantitative estimate of drug-likeness (QED) is 0.214. The van der Waals surface area contributed by atoms with Crippen LogP contribution in [0.1, 0.15) is 44.9 Å². The fourth-order valence-corrected chi connectivity index (χ4v) is 7.61. The Hall–Kier alpha value is -2.16. The molecule has 212 valence electrons.